The number of amides is 1. The molecule has 0 radical (unpaired) electrons. The van der Waals surface area contributed by atoms with Crippen LogP contribution < -0.4 is 14.4 Å². The van der Waals surface area contributed by atoms with Gasteiger partial charge < -0.3 is 24.0 Å². The first-order chi connectivity index (χ1) is 26.1. The van der Waals surface area contributed by atoms with Crippen molar-refractivity contribution in [1.29, 1.82) is 0 Å². The van der Waals surface area contributed by atoms with Crippen LogP contribution in [-0.2, 0) is 32.3 Å². The van der Waals surface area contributed by atoms with Crippen molar-refractivity contribution < 1.29 is 23.2 Å². The van der Waals surface area contributed by atoms with Gasteiger partial charge in [-0.05, 0) is 106 Å². The van der Waals surface area contributed by atoms with Crippen LogP contribution in [-0.4, -0.2) is 116 Å². The lowest BCUT2D eigenvalue weighted by atomic mass is 9.68. The molecule has 1 saturated carbocycles. The van der Waals surface area contributed by atoms with Gasteiger partial charge in [0.1, 0.15) is 16.7 Å². The van der Waals surface area contributed by atoms with E-state index in [-0.39, 0.29) is 28.4 Å². The number of ether oxygens (including phenoxy) is 3. The zero-order chi connectivity index (χ0) is 38.4. The fraction of sp³-hybridized carbons (Fsp3) is 0.667. The normalized spacial score (nSPS) is 32.4. The molecule has 2 aromatic rings. The molecule has 12 heteroatoms. The Morgan fingerprint density at radius 1 is 1.07 bits per heavy atom. The van der Waals surface area contributed by atoms with Crippen molar-refractivity contribution in [2.75, 3.05) is 78.1 Å². The van der Waals surface area contributed by atoms with Gasteiger partial charge in [0.2, 0.25) is 0 Å². The van der Waals surface area contributed by atoms with Crippen LogP contribution in [0.15, 0.2) is 42.5 Å². The maximum absolute atomic E-state index is 13.3. The maximum atomic E-state index is 13.3. The lowest BCUT2D eigenvalue weighted by Gasteiger charge is -2.45. The molecule has 5 heterocycles. The molecule has 6 aliphatic rings. The standard InChI is InChI=1S/C32H40ClN3O4S.C8H16N2O.C2H6/c1-20-6-4-8-28(39-3)25-11-9-23(25)17-36-18-32(15-5-7-22-16-24(33)10-12-26(22)32)19-40-29-14-13-27(34-30(29)36)31(37)35-41(38)21(20)2;1-9-2-4-10(5-3-9)8-6-11-7-8;1-2/h4,8,10,12-14,16,20-21,23,25,28H,5-7,9,11,15,17-19H2,1-3H3,(H,35,37);8H,2-7H2,1H3;1-2H3/b8-4+;;/t20?,21?,23?,25?,28?,32-,41?;;/m0../s1. The quantitative estimate of drug-likeness (QED) is 0.353. The number of nitrogens with zero attached hydrogens (tertiary/aromatic N) is 4. The number of allylic oxidation sites excluding steroid dienone is 1. The number of carbonyl (C=O) groups is 1. The van der Waals surface area contributed by atoms with E-state index in [1.807, 2.05) is 32.9 Å². The summed E-state index contributed by atoms with van der Waals surface area (Å²) in [6.45, 7) is 16.9. The zero-order valence-electron chi connectivity index (χ0n) is 33.2. The number of methoxy groups -OCH3 is 1. The van der Waals surface area contributed by atoms with E-state index in [4.69, 9.17) is 30.8 Å². The molecule has 10 nitrogen and oxygen atoms in total. The van der Waals surface area contributed by atoms with Crippen molar-refractivity contribution in [3.05, 3.63) is 64.3 Å². The van der Waals surface area contributed by atoms with Gasteiger partial charge >= 0.3 is 0 Å². The summed E-state index contributed by atoms with van der Waals surface area (Å²) in [5, 5.41) is 0.548. The van der Waals surface area contributed by atoms with Gasteiger partial charge in [0, 0.05) is 56.8 Å². The Labute approximate surface area is 330 Å². The lowest BCUT2D eigenvalue weighted by Crippen LogP contribution is -2.55. The minimum atomic E-state index is -1.54. The third kappa shape index (κ3) is 9.18. The van der Waals surface area contributed by atoms with Crippen LogP contribution in [0.4, 0.5) is 5.82 Å². The van der Waals surface area contributed by atoms with Gasteiger partial charge in [0.05, 0.1) is 37.2 Å². The second-order valence-electron chi connectivity index (χ2n) is 15.9. The molecule has 2 aliphatic carbocycles. The molecule has 4 aliphatic heterocycles. The van der Waals surface area contributed by atoms with E-state index in [9.17, 15) is 9.00 Å². The first-order valence-electron chi connectivity index (χ1n) is 20.2. The fourth-order valence-electron chi connectivity index (χ4n) is 8.73. The first kappa shape index (κ1) is 41.1. The van der Waals surface area contributed by atoms with E-state index in [0.717, 1.165) is 75.9 Å². The number of hydrogen-bond acceptors (Lipinski definition) is 9. The van der Waals surface area contributed by atoms with Crippen LogP contribution >= 0.6 is 11.6 Å². The van der Waals surface area contributed by atoms with Crippen LogP contribution in [0.1, 0.15) is 81.4 Å². The summed E-state index contributed by atoms with van der Waals surface area (Å²) < 4.78 is 33.5. The first-order valence-corrected chi connectivity index (χ1v) is 21.8. The number of piperazine rings is 1. The minimum Gasteiger partial charge on any atom is -0.489 e. The molecule has 6 unspecified atom stereocenters. The molecule has 54 heavy (non-hydrogen) atoms. The highest BCUT2D eigenvalue weighted by Gasteiger charge is 2.45. The number of benzene rings is 1. The Bertz CT molecular complexity index is 1630. The number of fused-ring (bicyclic) bond motifs is 4. The molecular weight excluding hydrogens is 722 g/mol. The van der Waals surface area contributed by atoms with Crippen molar-refractivity contribution in [3.8, 4) is 5.75 Å². The van der Waals surface area contributed by atoms with Gasteiger partial charge in [0.15, 0.2) is 11.6 Å². The highest BCUT2D eigenvalue weighted by atomic mass is 35.5. The fourth-order valence-corrected chi connectivity index (χ4v) is 9.93. The van der Waals surface area contributed by atoms with Gasteiger partial charge in [-0.2, -0.15) is 0 Å². The lowest BCUT2D eigenvalue weighted by molar-refractivity contribution is -0.0752. The third-order valence-corrected chi connectivity index (χ3v) is 14.3. The number of nitrogens with one attached hydrogen (secondary N) is 1. The molecule has 1 aromatic carbocycles. The molecule has 7 atom stereocenters. The second-order valence-corrected chi connectivity index (χ2v) is 17.9. The summed E-state index contributed by atoms with van der Waals surface area (Å²) in [4.78, 5) is 25.4. The molecule has 1 N–H and O–H groups in total. The monoisotopic (exact) mass is 783 g/mol. The smallest absolute Gasteiger partial charge is 0.281 e. The number of halogens is 1. The van der Waals surface area contributed by atoms with E-state index in [0.29, 0.717) is 30.0 Å². The Balaban J connectivity index is 0.000000323. The average Bonchev–Trinajstić information content (AvgIpc) is 3.30. The van der Waals surface area contributed by atoms with Crippen LogP contribution in [0.2, 0.25) is 5.02 Å². The number of hydrogen-bond donors (Lipinski definition) is 1. The van der Waals surface area contributed by atoms with Crippen LogP contribution in [0.25, 0.3) is 0 Å². The number of carbonyl (C=O) groups excluding carboxylic acids is 1. The highest BCUT2D eigenvalue weighted by Crippen LogP contribution is 2.46. The largest absolute Gasteiger partial charge is 0.489 e. The van der Waals surface area contributed by atoms with E-state index in [2.05, 4.69) is 57.7 Å². The van der Waals surface area contributed by atoms with Crippen LogP contribution in [0.5, 0.6) is 5.75 Å². The predicted octanol–water partition coefficient (Wildman–Crippen LogP) is 6.29. The topological polar surface area (TPSA) is 96.5 Å². The number of pyridine rings is 1. The third-order valence-electron chi connectivity index (χ3n) is 12.6. The Morgan fingerprint density at radius 3 is 2.54 bits per heavy atom. The number of anilines is 1. The zero-order valence-corrected chi connectivity index (χ0v) is 34.8. The number of likely N-dealkylation sites (N-methyl/N-ethyl adjacent to an activating group) is 1. The van der Waals surface area contributed by atoms with Gasteiger partial charge in [-0.3, -0.25) is 14.4 Å². The summed E-state index contributed by atoms with van der Waals surface area (Å²) >= 11 is 6.40. The van der Waals surface area contributed by atoms with Crippen molar-refractivity contribution in [1.82, 2.24) is 19.5 Å². The van der Waals surface area contributed by atoms with Gasteiger partial charge in [-0.15, -0.1) is 0 Å². The van der Waals surface area contributed by atoms with Crippen molar-refractivity contribution in [3.63, 3.8) is 0 Å². The van der Waals surface area contributed by atoms with Crippen LogP contribution in [0.3, 0.4) is 0 Å². The predicted molar refractivity (Wildman–Crippen MR) is 218 cm³/mol. The molecular formula is C42H62ClN5O5S. The highest BCUT2D eigenvalue weighted by molar-refractivity contribution is 7.84. The van der Waals surface area contributed by atoms with Crippen LogP contribution in [0, 0.1) is 17.8 Å². The molecule has 8 rings (SSSR count). The van der Waals surface area contributed by atoms with Crippen molar-refractivity contribution in [2.24, 2.45) is 17.8 Å². The van der Waals surface area contributed by atoms with E-state index in [1.54, 1.807) is 13.2 Å². The van der Waals surface area contributed by atoms with Gasteiger partial charge in [-0.25, -0.2) is 9.19 Å². The second kappa shape index (κ2) is 18.6. The van der Waals surface area contributed by atoms with E-state index < -0.39 is 16.9 Å². The van der Waals surface area contributed by atoms with Crippen molar-refractivity contribution in [2.45, 2.75) is 89.0 Å². The molecule has 2 bridgehead atoms. The molecule has 2 saturated heterocycles. The van der Waals surface area contributed by atoms with E-state index >= 15 is 0 Å². The molecule has 3 fully saturated rings. The van der Waals surface area contributed by atoms with Gasteiger partial charge in [-0.1, -0.05) is 50.6 Å². The Hall–Kier alpha value is -2.54. The molecule has 1 amide bonds. The van der Waals surface area contributed by atoms with Crippen molar-refractivity contribution >= 4 is 34.3 Å². The maximum Gasteiger partial charge on any atom is 0.281 e. The average molecular weight is 785 g/mol. The SMILES string of the molecule is CC.CN1CCN(C2COC2)CC1.COC1/C=C/CC(C)C(C)S(=O)NC(=O)c2ccc3c(n2)N(CC2CCC21)C[C@@]1(CCCc2cc(Cl)ccc21)CO3. The summed E-state index contributed by atoms with van der Waals surface area (Å²) in [6, 6.07) is 10.5. The number of aryl methyl sites for hydroxylation is 1. The summed E-state index contributed by atoms with van der Waals surface area (Å²) in [7, 11) is 2.44. The molecule has 298 valence electrons. The molecule has 1 spiro atoms. The minimum absolute atomic E-state index is 0.0304. The Morgan fingerprint density at radius 2 is 1.85 bits per heavy atom. The van der Waals surface area contributed by atoms with Gasteiger partial charge in [0.25, 0.3) is 5.91 Å². The summed E-state index contributed by atoms with van der Waals surface area (Å²) in [6.07, 6.45) is 10.5. The summed E-state index contributed by atoms with van der Waals surface area (Å²) in [5.74, 6) is 1.90. The summed E-state index contributed by atoms with van der Waals surface area (Å²) in [5.41, 5.74) is 2.63. The number of rotatable bonds is 2. The number of aromatic nitrogens is 1. The Kier molecular flexibility index (Phi) is 14.2. The molecule has 1 aromatic heterocycles. The van der Waals surface area contributed by atoms with E-state index in [1.165, 1.54) is 37.3 Å².